The van der Waals surface area contributed by atoms with Crippen LogP contribution >= 0.6 is 0 Å². The Labute approximate surface area is 147 Å². The maximum absolute atomic E-state index is 12.4. The molecule has 3 aromatic rings. The Morgan fingerprint density at radius 3 is 2.40 bits per heavy atom. The van der Waals surface area contributed by atoms with Crippen LogP contribution in [0, 0.1) is 20.8 Å². The number of carbonyl (C=O) groups is 1. The van der Waals surface area contributed by atoms with Crippen LogP contribution in [0.4, 0.5) is 5.69 Å². The van der Waals surface area contributed by atoms with Gasteiger partial charge in [0.25, 0.3) is 5.91 Å². The first-order valence-corrected chi connectivity index (χ1v) is 8.21. The van der Waals surface area contributed by atoms with Crippen molar-refractivity contribution in [3.05, 3.63) is 88.7 Å². The SMILES string of the molecule is Cc1ccccc1N=Cc1cc(C)n(NC(=O)c2ccccc2)c1C. The van der Waals surface area contributed by atoms with Crippen LogP contribution < -0.4 is 5.43 Å². The van der Waals surface area contributed by atoms with E-state index in [2.05, 4.69) is 10.4 Å². The summed E-state index contributed by atoms with van der Waals surface area (Å²) in [6.07, 6.45) is 1.84. The zero-order valence-corrected chi connectivity index (χ0v) is 14.7. The lowest BCUT2D eigenvalue weighted by Gasteiger charge is -2.11. The first kappa shape index (κ1) is 16.7. The monoisotopic (exact) mass is 331 g/mol. The number of nitrogens with zero attached hydrogens (tertiary/aromatic N) is 2. The van der Waals surface area contributed by atoms with Gasteiger partial charge in [-0.05, 0) is 50.6 Å². The fraction of sp³-hybridized carbons (Fsp3) is 0.143. The van der Waals surface area contributed by atoms with Gasteiger partial charge in [0.2, 0.25) is 0 Å². The Morgan fingerprint density at radius 2 is 1.68 bits per heavy atom. The van der Waals surface area contributed by atoms with Gasteiger partial charge in [0, 0.05) is 28.7 Å². The lowest BCUT2D eigenvalue weighted by molar-refractivity contribution is 0.101. The van der Waals surface area contributed by atoms with E-state index < -0.39 is 0 Å². The molecule has 0 atom stereocenters. The molecule has 0 saturated carbocycles. The Bertz CT molecular complexity index is 924. The molecule has 1 aromatic heterocycles. The Balaban J connectivity index is 1.84. The third-order valence-corrected chi connectivity index (χ3v) is 4.18. The smallest absolute Gasteiger partial charge is 0.267 e. The van der Waals surface area contributed by atoms with Crippen molar-refractivity contribution in [3.63, 3.8) is 0 Å². The van der Waals surface area contributed by atoms with E-state index in [-0.39, 0.29) is 5.91 Å². The summed E-state index contributed by atoms with van der Waals surface area (Å²) >= 11 is 0. The van der Waals surface area contributed by atoms with E-state index >= 15 is 0 Å². The van der Waals surface area contributed by atoms with Crippen molar-refractivity contribution in [2.45, 2.75) is 20.8 Å². The van der Waals surface area contributed by atoms with Crippen LogP contribution in [0.3, 0.4) is 0 Å². The second-order valence-corrected chi connectivity index (χ2v) is 6.01. The second-order valence-electron chi connectivity index (χ2n) is 6.01. The number of carbonyl (C=O) groups excluding carboxylic acids is 1. The molecule has 126 valence electrons. The van der Waals surface area contributed by atoms with Crippen LogP contribution in [0.15, 0.2) is 65.7 Å². The molecule has 0 aliphatic rings. The van der Waals surface area contributed by atoms with Gasteiger partial charge in [0.1, 0.15) is 0 Å². The molecule has 0 radical (unpaired) electrons. The molecule has 0 saturated heterocycles. The van der Waals surface area contributed by atoms with Crippen LogP contribution in [0.1, 0.15) is 32.9 Å². The topological polar surface area (TPSA) is 46.4 Å². The Kier molecular flexibility index (Phi) is 4.80. The molecule has 4 heteroatoms. The van der Waals surface area contributed by atoms with Gasteiger partial charge in [-0.15, -0.1) is 0 Å². The van der Waals surface area contributed by atoms with Gasteiger partial charge in [0.15, 0.2) is 0 Å². The molecule has 0 fully saturated rings. The van der Waals surface area contributed by atoms with Gasteiger partial charge < -0.3 is 0 Å². The number of aromatic nitrogens is 1. The number of hydrogen-bond donors (Lipinski definition) is 1. The number of nitrogens with one attached hydrogen (secondary N) is 1. The highest BCUT2D eigenvalue weighted by Crippen LogP contribution is 2.18. The standard InChI is InChI=1S/C21H21N3O/c1-15-9-7-8-12-20(15)22-14-19-13-16(2)24(17(19)3)23-21(25)18-10-5-4-6-11-18/h4-14H,1-3H3,(H,23,25). The molecule has 3 rings (SSSR count). The summed E-state index contributed by atoms with van der Waals surface area (Å²) in [6.45, 7) is 5.97. The van der Waals surface area contributed by atoms with Gasteiger partial charge in [-0.2, -0.15) is 0 Å². The summed E-state index contributed by atoms with van der Waals surface area (Å²) in [5.41, 5.74) is 8.52. The van der Waals surface area contributed by atoms with Crippen LogP contribution in [-0.4, -0.2) is 16.8 Å². The van der Waals surface area contributed by atoms with E-state index in [0.717, 1.165) is 28.2 Å². The minimum absolute atomic E-state index is 0.134. The van der Waals surface area contributed by atoms with E-state index in [4.69, 9.17) is 0 Å². The summed E-state index contributed by atoms with van der Waals surface area (Å²) in [7, 11) is 0. The molecule has 2 aromatic carbocycles. The molecular weight excluding hydrogens is 310 g/mol. The van der Waals surface area contributed by atoms with E-state index in [1.165, 1.54) is 0 Å². The normalized spacial score (nSPS) is 11.0. The van der Waals surface area contributed by atoms with E-state index in [0.29, 0.717) is 5.56 Å². The number of amides is 1. The molecule has 25 heavy (non-hydrogen) atoms. The van der Waals surface area contributed by atoms with Crippen LogP contribution in [0.25, 0.3) is 0 Å². The molecule has 0 spiro atoms. The van der Waals surface area contributed by atoms with Crippen molar-refractivity contribution in [2.24, 2.45) is 4.99 Å². The first-order chi connectivity index (χ1) is 12.1. The van der Waals surface area contributed by atoms with Gasteiger partial charge in [0.05, 0.1) is 5.69 Å². The predicted molar refractivity (Wildman–Crippen MR) is 102 cm³/mol. The number of rotatable bonds is 4. The Hall–Kier alpha value is -3.14. The van der Waals surface area contributed by atoms with Crippen molar-refractivity contribution in [1.82, 2.24) is 4.68 Å². The molecular formula is C21H21N3O. The van der Waals surface area contributed by atoms with Crippen molar-refractivity contribution in [2.75, 3.05) is 5.43 Å². The quantitative estimate of drug-likeness (QED) is 0.701. The van der Waals surface area contributed by atoms with Gasteiger partial charge >= 0.3 is 0 Å². The predicted octanol–water partition coefficient (Wildman–Crippen LogP) is 4.55. The summed E-state index contributed by atoms with van der Waals surface area (Å²) in [6, 6.07) is 19.2. The third-order valence-electron chi connectivity index (χ3n) is 4.18. The summed E-state index contributed by atoms with van der Waals surface area (Å²) < 4.78 is 1.80. The molecule has 1 amide bonds. The first-order valence-electron chi connectivity index (χ1n) is 8.21. The lowest BCUT2D eigenvalue weighted by atomic mass is 10.2. The van der Waals surface area contributed by atoms with Crippen LogP contribution in [0.2, 0.25) is 0 Å². The number of hydrogen-bond acceptors (Lipinski definition) is 2. The highest BCUT2D eigenvalue weighted by molar-refractivity contribution is 6.00. The van der Waals surface area contributed by atoms with Crippen LogP contribution in [0.5, 0.6) is 0 Å². The maximum Gasteiger partial charge on any atom is 0.270 e. The fourth-order valence-electron chi connectivity index (χ4n) is 2.69. The second kappa shape index (κ2) is 7.18. The van der Waals surface area contributed by atoms with Gasteiger partial charge in [-0.25, -0.2) is 0 Å². The van der Waals surface area contributed by atoms with E-state index in [1.54, 1.807) is 16.8 Å². The van der Waals surface area contributed by atoms with Crippen molar-refractivity contribution >= 4 is 17.8 Å². The summed E-state index contributed by atoms with van der Waals surface area (Å²) in [5, 5.41) is 0. The van der Waals surface area contributed by atoms with E-state index in [1.807, 2.05) is 75.5 Å². The number of para-hydroxylation sites is 1. The number of aryl methyl sites for hydroxylation is 2. The van der Waals surface area contributed by atoms with Crippen molar-refractivity contribution < 1.29 is 4.79 Å². The van der Waals surface area contributed by atoms with Crippen molar-refractivity contribution in [3.8, 4) is 0 Å². The summed E-state index contributed by atoms with van der Waals surface area (Å²) in [5.74, 6) is -0.134. The number of aliphatic imine (C=N–C) groups is 1. The molecule has 0 aliphatic heterocycles. The van der Waals surface area contributed by atoms with E-state index in [9.17, 15) is 4.79 Å². The van der Waals surface area contributed by atoms with Crippen molar-refractivity contribution in [1.29, 1.82) is 0 Å². The lowest BCUT2D eigenvalue weighted by Crippen LogP contribution is -2.24. The molecule has 0 unspecified atom stereocenters. The highest BCUT2D eigenvalue weighted by atomic mass is 16.2. The average molecular weight is 331 g/mol. The molecule has 0 bridgehead atoms. The largest absolute Gasteiger partial charge is 0.270 e. The zero-order chi connectivity index (χ0) is 17.8. The number of benzene rings is 2. The minimum Gasteiger partial charge on any atom is -0.267 e. The van der Waals surface area contributed by atoms with Crippen LogP contribution in [-0.2, 0) is 0 Å². The Morgan fingerprint density at radius 1 is 1.00 bits per heavy atom. The molecule has 4 nitrogen and oxygen atoms in total. The third kappa shape index (κ3) is 3.69. The molecule has 1 N–H and O–H groups in total. The minimum atomic E-state index is -0.134. The van der Waals surface area contributed by atoms with Gasteiger partial charge in [-0.1, -0.05) is 36.4 Å². The summed E-state index contributed by atoms with van der Waals surface area (Å²) in [4.78, 5) is 17.0. The molecule has 1 heterocycles. The average Bonchev–Trinajstić information content (AvgIpc) is 2.89. The molecule has 0 aliphatic carbocycles. The zero-order valence-electron chi connectivity index (χ0n) is 14.7. The van der Waals surface area contributed by atoms with Gasteiger partial charge in [-0.3, -0.25) is 19.9 Å². The maximum atomic E-state index is 12.4. The fourth-order valence-corrected chi connectivity index (χ4v) is 2.69. The highest BCUT2D eigenvalue weighted by Gasteiger charge is 2.11.